The Balaban J connectivity index is 2.21. The summed E-state index contributed by atoms with van der Waals surface area (Å²) in [5.74, 6) is -0.149. The second kappa shape index (κ2) is 6.91. The van der Waals surface area contributed by atoms with Crippen molar-refractivity contribution < 1.29 is 14.5 Å². The van der Waals surface area contributed by atoms with Crippen LogP contribution in [0.15, 0.2) is 30.6 Å². The Morgan fingerprint density at radius 3 is 2.78 bits per heavy atom. The molecule has 122 valence electrons. The molecule has 1 aromatic carbocycles. The highest BCUT2D eigenvalue weighted by Gasteiger charge is 2.20. The zero-order valence-electron chi connectivity index (χ0n) is 13.2. The normalized spacial score (nSPS) is 10.4. The van der Waals surface area contributed by atoms with Crippen LogP contribution >= 0.6 is 0 Å². The zero-order valence-corrected chi connectivity index (χ0v) is 13.2. The highest BCUT2D eigenvalue weighted by molar-refractivity contribution is 5.95. The van der Waals surface area contributed by atoms with Crippen LogP contribution in [0.5, 0.6) is 5.75 Å². The lowest BCUT2D eigenvalue weighted by atomic mass is 10.1. The fraction of sp³-hybridized carbons (Fsp3) is 0.333. The summed E-state index contributed by atoms with van der Waals surface area (Å²) >= 11 is 0. The molecule has 0 atom stereocenters. The number of benzene rings is 1. The van der Waals surface area contributed by atoms with Crippen LogP contribution in [0.4, 0.5) is 5.69 Å². The third kappa shape index (κ3) is 3.85. The number of aryl methyl sites for hydroxylation is 1. The van der Waals surface area contributed by atoms with Crippen molar-refractivity contribution in [2.75, 3.05) is 13.7 Å². The predicted molar refractivity (Wildman–Crippen MR) is 83.3 cm³/mol. The molecular formula is C15H18N4O4. The predicted octanol–water partition coefficient (Wildman–Crippen LogP) is 2.00. The van der Waals surface area contributed by atoms with Gasteiger partial charge in [0, 0.05) is 44.0 Å². The maximum Gasteiger partial charge on any atom is 0.311 e. The van der Waals surface area contributed by atoms with Crippen molar-refractivity contribution in [2.24, 2.45) is 7.05 Å². The number of hydrogen-bond donors (Lipinski definition) is 0. The molecule has 1 aromatic heterocycles. The average Bonchev–Trinajstić information content (AvgIpc) is 2.92. The highest BCUT2D eigenvalue weighted by atomic mass is 16.6. The number of nitro groups is 1. The summed E-state index contributed by atoms with van der Waals surface area (Å²) in [6.07, 6.45) is 3.48. The first-order valence-electron chi connectivity index (χ1n) is 7.06. The van der Waals surface area contributed by atoms with Crippen LogP contribution in [-0.2, 0) is 13.6 Å². The molecule has 0 spiro atoms. The van der Waals surface area contributed by atoms with Crippen molar-refractivity contribution in [3.8, 4) is 5.75 Å². The van der Waals surface area contributed by atoms with Crippen molar-refractivity contribution in [3.05, 3.63) is 51.8 Å². The molecule has 0 saturated heterocycles. The van der Waals surface area contributed by atoms with Gasteiger partial charge in [0.1, 0.15) is 0 Å². The van der Waals surface area contributed by atoms with Crippen molar-refractivity contribution in [2.45, 2.75) is 13.5 Å². The van der Waals surface area contributed by atoms with Crippen LogP contribution < -0.4 is 4.74 Å². The standard InChI is InChI=1S/C15H18N4O4/c1-4-23-14-6-5-12(7-13(14)19(21)22)15(20)17(2)9-11-8-16-18(3)10-11/h5-8,10H,4,9H2,1-3H3. The molecule has 0 fully saturated rings. The molecule has 1 amide bonds. The molecule has 0 bridgehead atoms. The summed E-state index contributed by atoms with van der Waals surface area (Å²) in [7, 11) is 3.43. The summed E-state index contributed by atoms with van der Waals surface area (Å²) in [6, 6.07) is 4.22. The van der Waals surface area contributed by atoms with E-state index in [0.717, 1.165) is 5.56 Å². The van der Waals surface area contributed by atoms with Crippen molar-refractivity contribution in [3.63, 3.8) is 0 Å². The lowest BCUT2D eigenvalue weighted by molar-refractivity contribution is -0.385. The van der Waals surface area contributed by atoms with E-state index in [9.17, 15) is 14.9 Å². The molecule has 2 aromatic rings. The van der Waals surface area contributed by atoms with Gasteiger partial charge in [0.25, 0.3) is 5.91 Å². The van der Waals surface area contributed by atoms with Crippen molar-refractivity contribution in [1.82, 2.24) is 14.7 Å². The molecule has 0 unspecified atom stereocenters. The van der Waals surface area contributed by atoms with E-state index < -0.39 is 4.92 Å². The maximum atomic E-state index is 12.4. The number of nitro benzene ring substituents is 1. The second-order valence-corrected chi connectivity index (χ2v) is 5.06. The molecular weight excluding hydrogens is 300 g/mol. The van der Waals surface area contributed by atoms with Gasteiger partial charge in [0.15, 0.2) is 5.75 Å². The summed E-state index contributed by atoms with van der Waals surface area (Å²) in [5, 5.41) is 15.2. The number of carbonyl (C=O) groups is 1. The monoisotopic (exact) mass is 318 g/mol. The summed E-state index contributed by atoms with van der Waals surface area (Å²) in [5.41, 5.74) is 0.905. The van der Waals surface area contributed by atoms with E-state index in [2.05, 4.69) is 5.10 Å². The van der Waals surface area contributed by atoms with E-state index in [0.29, 0.717) is 13.2 Å². The molecule has 0 aliphatic heterocycles. The molecule has 0 N–H and O–H groups in total. The van der Waals surface area contributed by atoms with Crippen LogP contribution in [0.25, 0.3) is 0 Å². The molecule has 0 aliphatic rings. The lowest BCUT2D eigenvalue weighted by Crippen LogP contribution is -2.26. The van der Waals surface area contributed by atoms with Gasteiger partial charge in [-0.15, -0.1) is 0 Å². The zero-order chi connectivity index (χ0) is 17.0. The first-order valence-corrected chi connectivity index (χ1v) is 7.06. The SMILES string of the molecule is CCOc1ccc(C(=O)N(C)Cc2cnn(C)c2)cc1[N+](=O)[O-]. The van der Waals surface area contributed by atoms with Gasteiger partial charge in [0.2, 0.25) is 0 Å². The first kappa shape index (κ1) is 16.5. The van der Waals surface area contributed by atoms with E-state index in [1.54, 1.807) is 31.9 Å². The fourth-order valence-corrected chi connectivity index (χ4v) is 2.19. The van der Waals surface area contributed by atoms with Gasteiger partial charge in [-0.25, -0.2) is 0 Å². The minimum Gasteiger partial charge on any atom is -0.487 e. The number of aromatic nitrogens is 2. The molecule has 0 radical (unpaired) electrons. The van der Waals surface area contributed by atoms with Crippen molar-refractivity contribution in [1.29, 1.82) is 0 Å². The molecule has 8 heteroatoms. The molecule has 23 heavy (non-hydrogen) atoms. The Kier molecular flexibility index (Phi) is 4.95. The summed E-state index contributed by atoms with van der Waals surface area (Å²) in [6.45, 7) is 2.42. The van der Waals surface area contributed by atoms with Crippen LogP contribution in [0.1, 0.15) is 22.8 Å². The highest BCUT2D eigenvalue weighted by Crippen LogP contribution is 2.28. The third-order valence-electron chi connectivity index (χ3n) is 3.23. The lowest BCUT2D eigenvalue weighted by Gasteiger charge is -2.16. The summed E-state index contributed by atoms with van der Waals surface area (Å²) < 4.78 is 6.86. The minimum absolute atomic E-state index is 0.156. The van der Waals surface area contributed by atoms with Crippen LogP contribution in [0.3, 0.4) is 0 Å². The van der Waals surface area contributed by atoms with Crippen LogP contribution in [-0.4, -0.2) is 39.2 Å². The van der Waals surface area contributed by atoms with Crippen LogP contribution in [0, 0.1) is 10.1 Å². The Bertz CT molecular complexity index is 726. The Morgan fingerprint density at radius 2 is 2.22 bits per heavy atom. The molecule has 0 saturated carbocycles. The smallest absolute Gasteiger partial charge is 0.311 e. The Labute approximate surface area is 133 Å². The van der Waals surface area contributed by atoms with Gasteiger partial charge >= 0.3 is 5.69 Å². The molecule has 8 nitrogen and oxygen atoms in total. The Hall–Kier alpha value is -2.90. The van der Waals surface area contributed by atoms with E-state index in [4.69, 9.17) is 4.74 Å². The number of nitrogens with zero attached hydrogens (tertiary/aromatic N) is 4. The number of rotatable bonds is 6. The topological polar surface area (TPSA) is 90.5 Å². The number of amides is 1. The maximum absolute atomic E-state index is 12.4. The average molecular weight is 318 g/mol. The molecule has 1 heterocycles. The second-order valence-electron chi connectivity index (χ2n) is 5.06. The molecule has 2 rings (SSSR count). The quantitative estimate of drug-likeness (QED) is 0.600. The van der Waals surface area contributed by atoms with Gasteiger partial charge in [-0.05, 0) is 19.1 Å². The number of carbonyl (C=O) groups excluding carboxylic acids is 1. The van der Waals surface area contributed by atoms with E-state index in [1.165, 1.54) is 23.1 Å². The van der Waals surface area contributed by atoms with Crippen molar-refractivity contribution >= 4 is 11.6 Å². The number of ether oxygens (including phenoxy) is 1. The molecule has 0 aliphatic carbocycles. The fourth-order valence-electron chi connectivity index (χ4n) is 2.19. The first-order chi connectivity index (χ1) is 10.9. The number of hydrogen-bond acceptors (Lipinski definition) is 5. The Morgan fingerprint density at radius 1 is 1.48 bits per heavy atom. The van der Waals surface area contributed by atoms with E-state index in [-0.39, 0.29) is 22.9 Å². The van der Waals surface area contributed by atoms with E-state index >= 15 is 0 Å². The van der Waals surface area contributed by atoms with Gasteiger partial charge < -0.3 is 9.64 Å². The van der Waals surface area contributed by atoms with Gasteiger partial charge in [-0.3, -0.25) is 19.6 Å². The largest absolute Gasteiger partial charge is 0.487 e. The minimum atomic E-state index is -0.553. The van der Waals surface area contributed by atoms with Gasteiger partial charge in [0.05, 0.1) is 17.7 Å². The van der Waals surface area contributed by atoms with E-state index in [1.807, 2.05) is 6.20 Å². The third-order valence-corrected chi connectivity index (χ3v) is 3.23. The van der Waals surface area contributed by atoms with Gasteiger partial charge in [-0.1, -0.05) is 0 Å². The van der Waals surface area contributed by atoms with Crippen LogP contribution in [0.2, 0.25) is 0 Å². The summed E-state index contributed by atoms with van der Waals surface area (Å²) in [4.78, 5) is 24.5. The van der Waals surface area contributed by atoms with Gasteiger partial charge in [-0.2, -0.15) is 5.10 Å².